The predicted molar refractivity (Wildman–Crippen MR) is 157 cm³/mol. The normalized spacial score (nSPS) is 14.4. The highest BCUT2D eigenvalue weighted by atomic mass is 31.2. The van der Waals surface area contributed by atoms with Crippen LogP contribution in [0.15, 0.2) is 0 Å². The van der Waals surface area contributed by atoms with Crippen LogP contribution >= 0.6 is 7.82 Å². The second-order valence-electron chi connectivity index (χ2n) is 11.6. The molecule has 9 heteroatoms. The molecule has 0 saturated carbocycles. The van der Waals surface area contributed by atoms with Gasteiger partial charge < -0.3 is 19.4 Å². The van der Waals surface area contributed by atoms with Crippen molar-refractivity contribution in [1.82, 2.24) is 5.32 Å². The second kappa shape index (κ2) is 24.3. The summed E-state index contributed by atoms with van der Waals surface area (Å²) in [7, 11) is 1.77. The summed E-state index contributed by atoms with van der Waals surface area (Å²) in [6.45, 7) is 5.84. The molecule has 0 fully saturated rings. The molecule has 0 aromatic rings. The van der Waals surface area contributed by atoms with Crippen LogP contribution in [0.1, 0.15) is 123 Å². The molecule has 0 saturated heterocycles. The van der Waals surface area contributed by atoms with E-state index in [0.717, 1.165) is 25.7 Å². The first-order valence-electron chi connectivity index (χ1n) is 15.4. The van der Waals surface area contributed by atoms with Crippen molar-refractivity contribution in [3.05, 3.63) is 0 Å². The Morgan fingerprint density at radius 1 is 0.763 bits per heavy atom. The zero-order valence-electron chi connectivity index (χ0n) is 25.5. The Morgan fingerprint density at radius 2 is 1.26 bits per heavy atom. The number of unbranched alkanes of at least 4 members (excludes halogenated alkanes) is 14. The number of amides is 1. The summed E-state index contributed by atoms with van der Waals surface area (Å²) in [6, 6.07) is 0. The molecule has 0 radical (unpaired) electrons. The molecule has 38 heavy (non-hydrogen) atoms. The monoisotopic (exact) mass is 565 g/mol. The Kier molecular flexibility index (Phi) is 24.0. The Hall–Kier alpha value is -0.500. The van der Waals surface area contributed by atoms with Crippen LogP contribution in [0, 0.1) is 0 Å². The number of carbonyl (C=O) groups is 1. The second-order valence-corrected chi connectivity index (χ2v) is 13.1. The number of nitrogens with zero attached hydrogens (tertiary/aromatic N) is 1. The summed E-state index contributed by atoms with van der Waals surface area (Å²) in [6.07, 6.45) is 19.2. The molecule has 8 nitrogen and oxygen atoms in total. The molecule has 0 heterocycles. The van der Waals surface area contributed by atoms with Crippen molar-refractivity contribution >= 4 is 13.7 Å². The van der Waals surface area contributed by atoms with Gasteiger partial charge in [0.25, 0.3) is 0 Å². The topological polar surface area (TPSA) is 94.1 Å². The van der Waals surface area contributed by atoms with Gasteiger partial charge in [-0.25, -0.2) is 4.57 Å². The van der Waals surface area contributed by atoms with Crippen molar-refractivity contribution in [3.8, 4) is 0 Å². The minimum Gasteiger partial charge on any atom is -0.374 e. The summed E-state index contributed by atoms with van der Waals surface area (Å²) in [5.74, 6) is -0.0103. The van der Waals surface area contributed by atoms with Gasteiger partial charge in [0.05, 0.1) is 33.9 Å². The molecule has 2 N–H and O–H groups in total. The van der Waals surface area contributed by atoms with Crippen molar-refractivity contribution < 1.29 is 32.5 Å². The minimum atomic E-state index is -4.18. The third-order valence-corrected chi connectivity index (χ3v) is 7.56. The van der Waals surface area contributed by atoms with Gasteiger partial charge in [0.15, 0.2) is 0 Å². The van der Waals surface area contributed by atoms with E-state index < -0.39 is 13.9 Å². The lowest BCUT2D eigenvalue weighted by Crippen LogP contribution is -2.37. The number of phosphoric acid groups is 1. The smallest absolute Gasteiger partial charge is 0.374 e. The van der Waals surface area contributed by atoms with Crippen molar-refractivity contribution in [3.63, 3.8) is 0 Å². The quantitative estimate of drug-likeness (QED) is 0.0603. The first-order chi connectivity index (χ1) is 18.1. The first-order valence-corrected chi connectivity index (χ1v) is 16.9. The molecule has 0 aliphatic carbocycles. The van der Waals surface area contributed by atoms with Gasteiger partial charge >= 0.3 is 7.82 Å². The van der Waals surface area contributed by atoms with Crippen molar-refractivity contribution in [2.45, 2.75) is 129 Å². The number of ether oxygens (including phenoxy) is 1. The lowest BCUT2D eigenvalue weighted by atomic mass is 10.1. The van der Waals surface area contributed by atoms with Crippen LogP contribution in [0.2, 0.25) is 0 Å². The summed E-state index contributed by atoms with van der Waals surface area (Å²) in [5.41, 5.74) is 0. The van der Waals surface area contributed by atoms with E-state index in [0.29, 0.717) is 24.1 Å². The third kappa shape index (κ3) is 27.1. The van der Waals surface area contributed by atoms with E-state index in [-0.39, 0.29) is 25.7 Å². The van der Waals surface area contributed by atoms with Crippen LogP contribution in [-0.4, -0.2) is 75.4 Å². The van der Waals surface area contributed by atoms with Crippen molar-refractivity contribution in [1.29, 1.82) is 0 Å². The van der Waals surface area contributed by atoms with E-state index in [1.807, 2.05) is 21.1 Å². The van der Waals surface area contributed by atoms with E-state index in [9.17, 15) is 14.3 Å². The van der Waals surface area contributed by atoms with E-state index in [2.05, 4.69) is 19.2 Å². The van der Waals surface area contributed by atoms with Gasteiger partial charge in [0.2, 0.25) is 5.91 Å². The van der Waals surface area contributed by atoms with Gasteiger partial charge in [-0.15, -0.1) is 0 Å². The summed E-state index contributed by atoms with van der Waals surface area (Å²) >= 11 is 0. The van der Waals surface area contributed by atoms with Gasteiger partial charge in [-0.05, 0) is 12.8 Å². The van der Waals surface area contributed by atoms with Crippen LogP contribution in [0.25, 0.3) is 0 Å². The SMILES string of the molecule is CCCCCCCCCCCC(=O)NCC(COP(=O)(O)OCC[N+](C)(C)C)OCCCCCCCCC. The van der Waals surface area contributed by atoms with Gasteiger partial charge in [-0.1, -0.05) is 104 Å². The van der Waals surface area contributed by atoms with Gasteiger partial charge in [0, 0.05) is 19.6 Å². The van der Waals surface area contributed by atoms with Crippen molar-refractivity contribution in [2.75, 3.05) is 54.1 Å². The van der Waals surface area contributed by atoms with Crippen LogP contribution in [-0.2, 0) is 23.1 Å². The molecule has 228 valence electrons. The summed E-state index contributed by atoms with van der Waals surface area (Å²) in [4.78, 5) is 22.4. The van der Waals surface area contributed by atoms with Gasteiger partial charge in [0.1, 0.15) is 13.2 Å². The number of nitrogens with one attached hydrogen (secondary N) is 1. The Bertz CT molecular complexity index is 600. The molecule has 2 atom stereocenters. The fraction of sp³-hybridized carbons (Fsp3) is 0.966. The number of hydrogen-bond acceptors (Lipinski definition) is 5. The number of quaternary nitrogens is 1. The van der Waals surface area contributed by atoms with E-state index >= 15 is 0 Å². The van der Waals surface area contributed by atoms with Crippen LogP contribution in [0.5, 0.6) is 0 Å². The number of likely N-dealkylation sites (N-methyl/N-ethyl adjacent to an activating group) is 1. The maximum absolute atomic E-state index is 12.4. The lowest BCUT2D eigenvalue weighted by Gasteiger charge is -2.24. The van der Waals surface area contributed by atoms with Crippen LogP contribution < -0.4 is 5.32 Å². The first kappa shape index (κ1) is 37.5. The van der Waals surface area contributed by atoms with Crippen molar-refractivity contribution in [2.24, 2.45) is 0 Å². The number of rotatable bonds is 28. The zero-order valence-corrected chi connectivity index (χ0v) is 26.4. The third-order valence-electron chi connectivity index (χ3n) is 6.58. The molecule has 2 unspecified atom stereocenters. The summed E-state index contributed by atoms with van der Waals surface area (Å²) in [5, 5.41) is 2.92. The molecule has 0 rings (SSSR count). The van der Waals surface area contributed by atoms with Crippen LogP contribution in [0.4, 0.5) is 0 Å². The summed E-state index contributed by atoms with van der Waals surface area (Å²) < 4.78 is 29.2. The molecule has 0 aromatic heterocycles. The molecular formula is C29H62N2O6P+. The predicted octanol–water partition coefficient (Wildman–Crippen LogP) is 7.00. The lowest BCUT2D eigenvalue weighted by molar-refractivity contribution is -0.870. The Labute approximate surface area is 234 Å². The molecule has 1 amide bonds. The fourth-order valence-electron chi connectivity index (χ4n) is 4.03. The zero-order chi connectivity index (χ0) is 28.5. The molecule has 0 aliphatic rings. The van der Waals surface area contributed by atoms with Gasteiger partial charge in [-0.2, -0.15) is 0 Å². The van der Waals surface area contributed by atoms with E-state index in [4.69, 9.17) is 13.8 Å². The highest BCUT2D eigenvalue weighted by Gasteiger charge is 2.25. The van der Waals surface area contributed by atoms with E-state index in [1.54, 1.807) is 0 Å². The molecular weight excluding hydrogens is 503 g/mol. The molecule has 0 bridgehead atoms. The average Bonchev–Trinajstić information content (AvgIpc) is 2.84. The number of phosphoric ester groups is 1. The maximum atomic E-state index is 12.4. The number of hydrogen-bond donors (Lipinski definition) is 2. The van der Waals surface area contributed by atoms with Crippen LogP contribution in [0.3, 0.4) is 0 Å². The number of carbonyl (C=O) groups excluding carboxylic acids is 1. The molecule has 0 spiro atoms. The fourth-order valence-corrected chi connectivity index (χ4v) is 4.77. The minimum absolute atomic E-state index is 0.0103. The molecule has 0 aromatic carbocycles. The van der Waals surface area contributed by atoms with E-state index in [1.165, 1.54) is 77.0 Å². The average molecular weight is 566 g/mol. The Balaban J connectivity index is 4.35. The van der Waals surface area contributed by atoms with Gasteiger partial charge in [-0.3, -0.25) is 13.8 Å². The highest BCUT2D eigenvalue weighted by Crippen LogP contribution is 2.43. The highest BCUT2D eigenvalue weighted by molar-refractivity contribution is 7.47. The Morgan fingerprint density at radius 3 is 1.79 bits per heavy atom. The molecule has 0 aliphatic heterocycles. The maximum Gasteiger partial charge on any atom is 0.472 e. The largest absolute Gasteiger partial charge is 0.472 e. The standard InChI is InChI=1S/C29H61N2O6P/c1-6-8-10-12-14-15-16-18-20-22-29(32)30-26-28(35-24-21-19-17-13-11-9-7-2)27-37-38(33,34)36-25-23-31(3,4)5/h28H,6-27H2,1-5H3,(H-,30,32,33,34)/p+1.